The maximum absolute atomic E-state index is 10.6. The predicted molar refractivity (Wildman–Crippen MR) is 64.5 cm³/mol. The number of nitro groups is 1. The van der Waals surface area contributed by atoms with Crippen LogP contribution in [0.2, 0.25) is 0 Å². The Balaban J connectivity index is 2.42. The van der Waals surface area contributed by atoms with E-state index in [-0.39, 0.29) is 5.69 Å². The van der Waals surface area contributed by atoms with Crippen molar-refractivity contribution in [1.82, 2.24) is 9.78 Å². The minimum atomic E-state index is -0.413. The fourth-order valence-electron chi connectivity index (χ4n) is 1.58. The molecule has 1 aromatic heterocycles. The van der Waals surface area contributed by atoms with E-state index in [0.29, 0.717) is 5.88 Å². The number of alkyl halides is 1. The van der Waals surface area contributed by atoms with E-state index in [9.17, 15) is 10.1 Å². The molecule has 0 saturated heterocycles. The highest BCUT2D eigenvalue weighted by atomic mass is 35.5. The first-order valence-corrected chi connectivity index (χ1v) is 5.51. The minimum absolute atomic E-state index is 0.0796. The molecule has 0 fully saturated rings. The van der Waals surface area contributed by atoms with E-state index in [2.05, 4.69) is 5.10 Å². The summed E-state index contributed by atoms with van der Waals surface area (Å²) < 4.78 is 1.66. The van der Waals surface area contributed by atoms with E-state index in [1.54, 1.807) is 16.9 Å². The standard InChI is InChI=1S/C11H10ClN3O2/c1-8-6-10(15(16)17)2-3-11(8)14-5-4-9(7-12)13-14/h2-6H,7H2,1H3. The van der Waals surface area contributed by atoms with Crippen molar-refractivity contribution in [3.05, 3.63) is 51.8 Å². The van der Waals surface area contributed by atoms with Crippen LogP contribution < -0.4 is 0 Å². The second-order valence-corrected chi connectivity index (χ2v) is 3.88. The Morgan fingerprint density at radius 2 is 2.24 bits per heavy atom. The molecule has 0 aliphatic heterocycles. The highest BCUT2D eigenvalue weighted by Crippen LogP contribution is 2.20. The lowest BCUT2D eigenvalue weighted by Crippen LogP contribution is -1.99. The molecule has 0 N–H and O–H groups in total. The molecule has 0 saturated carbocycles. The van der Waals surface area contributed by atoms with Crippen LogP contribution >= 0.6 is 11.6 Å². The van der Waals surface area contributed by atoms with E-state index < -0.39 is 4.92 Å². The molecule has 2 rings (SSSR count). The summed E-state index contributed by atoms with van der Waals surface area (Å²) in [4.78, 5) is 10.2. The molecule has 0 unspecified atom stereocenters. The van der Waals surface area contributed by atoms with Crippen molar-refractivity contribution in [1.29, 1.82) is 0 Å². The van der Waals surface area contributed by atoms with Gasteiger partial charge in [-0.3, -0.25) is 10.1 Å². The van der Waals surface area contributed by atoms with E-state index in [1.807, 2.05) is 13.0 Å². The van der Waals surface area contributed by atoms with Gasteiger partial charge in [-0.05, 0) is 24.6 Å². The normalized spacial score (nSPS) is 10.5. The van der Waals surface area contributed by atoms with Crippen molar-refractivity contribution < 1.29 is 4.92 Å². The van der Waals surface area contributed by atoms with Gasteiger partial charge in [0.2, 0.25) is 0 Å². The maximum atomic E-state index is 10.6. The lowest BCUT2D eigenvalue weighted by molar-refractivity contribution is -0.384. The Morgan fingerprint density at radius 3 is 2.76 bits per heavy atom. The van der Waals surface area contributed by atoms with Crippen molar-refractivity contribution >= 4 is 17.3 Å². The summed E-state index contributed by atoms with van der Waals surface area (Å²) in [5, 5.41) is 14.9. The van der Waals surface area contributed by atoms with Gasteiger partial charge in [-0.15, -0.1) is 11.6 Å². The van der Waals surface area contributed by atoms with Gasteiger partial charge in [0.05, 0.1) is 22.2 Å². The molecule has 2 aromatic rings. The Hall–Kier alpha value is -1.88. The van der Waals surface area contributed by atoms with Crippen LogP contribution in [0.4, 0.5) is 5.69 Å². The summed E-state index contributed by atoms with van der Waals surface area (Å²) in [6.45, 7) is 1.81. The Labute approximate surface area is 103 Å². The SMILES string of the molecule is Cc1cc([N+](=O)[O-])ccc1-n1ccc(CCl)n1. The average molecular weight is 252 g/mol. The van der Waals surface area contributed by atoms with Crippen LogP contribution in [0, 0.1) is 17.0 Å². The van der Waals surface area contributed by atoms with E-state index in [0.717, 1.165) is 16.9 Å². The first kappa shape index (κ1) is 11.6. The number of aryl methyl sites for hydroxylation is 1. The third-order valence-corrected chi connectivity index (χ3v) is 2.69. The smallest absolute Gasteiger partial charge is 0.258 e. The van der Waals surface area contributed by atoms with Gasteiger partial charge in [-0.2, -0.15) is 5.10 Å². The fraction of sp³-hybridized carbons (Fsp3) is 0.182. The predicted octanol–water partition coefficient (Wildman–Crippen LogP) is 2.83. The zero-order valence-corrected chi connectivity index (χ0v) is 9.89. The Morgan fingerprint density at radius 1 is 1.47 bits per heavy atom. The molecule has 5 nitrogen and oxygen atoms in total. The zero-order valence-electron chi connectivity index (χ0n) is 9.13. The molecule has 88 valence electrons. The monoisotopic (exact) mass is 251 g/mol. The summed E-state index contributed by atoms with van der Waals surface area (Å²) in [6, 6.07) is 6.48. The van der Waals surface area contributed by atoms with Crippen molar-refractivity contribution in [3.8, 4) is 5.69 Å². The quantitative estimate of drug-likeness (QED) is 0.479. The molecular formula is C11H10ClN3O2. The second-order valence-electron chi connectivity index (χ2n) is 3.61. The third kappa shape index (κ3) is 2.29. The summed E-state index contributed by atoms with van der Waals surface area (Å²) in [5.74, 6) is 0.346. The van der Waals surface area contributed by atoms with Crippen LogP contribution in [0.25, 0.3) is 5.69 Å². The topological polar surface area (TPSA) is 61.0 Å². The third-order valence-electron chi connectivity index (χ3n) is 2.42. The highest BCUT2D eigenvalue weighted by Gasteiger charge is 2.09. The number of rotatable bonds is 3. The second kappa shape index (κ2) is 4.55. The summed E-state index contributed by atoms with van der Waals surface area (Å²) in [6.07, 6.45) is 1.78. The lowest BCUT2D eigenvalue weighted by Gasteiger charge is -2.05. The fourth-order valence-corrected chi connectivity index (χ4v) is 1.72. The van der Waals surface area contributed by atoms with Crippen LogP contribution in [0.5, 0.6) is 0 Å². The first-order chi connectivity index (χ1) is 8.11. The van der Waals surface area contributed by atoms with Crippen LogP contribution in [0.1, 0.15) is 11.3 Å². The number of halogens is 1. The van der Waals surface area contributed by atoms with Crippen molar-refractivity contribution in [2.45, 2.75) is 12.8 Å². The number of nitro benzene ring substituents is 1. The molecule has 0 amide bonds. The zero-order chi connectivity index (χ0) is 12.4. The summed E-state index contributed by atoms with van der Waals surface area (Å²) in [5.41, 5.74) is 2.45. The maximum Gasteiger partial charge on any atom is 0.269 e. The largest absolute Gasteiger partial charge is 0.269 e. The van der Waals surface area contributed by atoms with Gasteiger partial charge in [0.15, 0.2) is 0 Å². The van der Waals surface area contributed by atoms with E-state index >= 15 is 0 Å². The van der Waals surface area contributed by atoms with Gasteiger partial charge in [-0.25, -0.2) is 4.68 Å². The number of non-ortho nitro benzene ring substituents is 1. The molecule has 6 heteroatoms. The molecule has 0 bridgehead atoms. The van der Waals surface area contributed by atoms with Crippen LogP contribution in [-0.2, 0) is 5.88 Å². The lowest BCUT2D eigenvalue weighted by atomic mass is 10.2. The molecule has 0 aliphatic rings. The summed E-state index contributed by atoms with van der Waals surface area (Å²) in [7, 11) is 0. The Kier molecular flexibility index (Phi) is 3.10. The molecule has 17 heavy (non-hydrogen) atoms. The van der Waals surface area contributed by atoms with Gasteiger partial charge >= 0.3 is 0 Å². The van der Waals surface area contributed by atoms with E-state index in [4.69, 9.17) is 11.6 Å². The number of aromatic nitrogens is 2. The average Bonchev–Trinajstić information content (AvgIpc) is 2.77. The van der Waals surface area contributed by atoms with Crippen molar-refractivity contribution in [2.75, 3.05) is 0 Å². The minimum Gasteiger partial charge on any atom is -0.258 e. The summed E-state index contributed by atoms with van der Waals surface area (Å²) >= 11 is 5.67. The van der Waals surface area contributed by atoms with Crippen molar-refractivity contribution in [3.63, 3.8) is 0 Å². The van der Waals surface area contributed by atoms with Gasteiger partial charge in [0.25, 0.3) is 5.69 Å². The highest BCUT2D eigenvalue weighted by molar-refractivity contribution is 6.16. The van der Waals surface area contributed by atoms with Crippen LogP contribution in [-0.4, -0.2) is 14.7 Å². The number of hydrogen-bond donors (Lipinski definition) is 0. The number of hydrogen-bond acceptors (Lipinski definition) is 3. The van der Waals surface area contributed by atoms with Gasteiger partial charge in [0.1, 0.15) is 0 Å². The van der Waals surface area contributed by atoms with Gasteiger partial charge in [-0.1, -0.05) is 0 Å². The van der Waals surface area contributed by atoms with E-state index in [1.165, 1.54) is 12.1 Å². The molecule has 0 atom stereocenters. The number of nitrogens with zero attached hydrogens (tertiary/aromatic N) is 3. The molecule has 0 spiro atoms. The van der Waals surface area contributed by atoms with Crippen LogP contribution in [0.15, 0.2) is 30.5 Å². The molecule has 0 radical (unpaired) electrons. The number of benzene rings is 1. The molecule has 0 aliphatic carbocycles. The molecule has 1 aromatic carbocycles. The molecular weight excluding hydrogens is 242 g/mol. The Bertz CT molecular complexity index is 566. The van der Waals surface area contributed by atoms with Crippen LogP contribution in [0.3, 0.4) is 0 Å². The first-order valence-electron chi connectivity index (χ1n) is 4.98. The van der Waals surface area contributed by atoms with Gasteiger partial charge in [0, 0.05) is 18.3 Å². The van der Waals surface area contributed by atoms with Gasteiger partial charge < -0.3 is 0 Å². The molecule has 1 heterocycles. The van der Waals surface area contributed by atoms with Crippen molar-refractivity contribution in [2.24, 2.45) is 0 Å².